The molecular formula is C28H23Br2N. The van der Waals surface area contributed by atoms with Gasteiger partial charge in [-0.05, 0) is 89.8 Å². The van der Waals surface area contributed by atoms with Crippen LogP contribution in [0.15, 0.2) is 93.9 Å². The Balaban J connectivity index is 1.68. The summed E-state index contributed by atoms with van der Waals surface area (Å²) in [6.07, 6.45) is 0. The van der Waals surface area contributed by atoms with Crippen molar-refractivity contribution in [2.24, 2.45) is 0 Å². The predicted octanol–water partition coefficient (Wildman–Crippen LogP) is 9.30. The lowest BCUT2D eigenvalue weighted by molar-refractivity contribution is 0.660. The highest BCUT2D eigenvalue weighted by molar-refractivity contribution is 9.10. The van der Waals surface area contributed by atoms with Crippen molar-refractivity contribution in [1.29, 1.82) is 0 Å². The summed E-state index contributed by atoms with van der Waals surface area (Å²) in [5.74, 6) is 0. The van der Waals surface area contributed by atoms with Gasteiger partial charge in [-0.25, -0.2) is 0 Å². The quantitative estimate of drug-likeness (QED) is 0.254. The standard InChI is InChI=1S/C28H23Br2N/c1-18-4-14-24-25-15-13-23(17-27(25)28(2,3)26(24)16-18)31(21-9-5-19(29)6-10-21)22-11-7-20(30)8-12-22/h4-17H,1-3H3. The molecule has 0 aromatic heterocycles. The Morgan fingerprint density at radius 3 is 1.58 bits per heavy atom. The molecule has 0 radical (unpaired) electrons. The molecule has 0 atom stereocenters. The highest BCUT2D eigenvalue weighted by Crippen LogP contribution is 2.50. The predicted molar refractivity (Wildman–Crippen MR) is 139 cm³/mol. The maximum absolute atomic E-state index is 3.57. The van der Waals surface area contributed by atoms with E-state index >= 15 is 0 Å². The SMILES string of the molecule is Cc1ccc2c(c1)C(C)(C)c1cc(N(c3ccc(Br)cc3)c3ccc(Br)cc3)ccc1-2. The van der Waals surface area contributed by atoms with Crippen molar-refractivity contribution >= 4 is 48.9 Å². The highest BCUT2D eigenvalue weighted by Gasteiger charge is 2.36. The average Bonchev–Trinajstić information content (AvgIpc) is 2.97. The van der Waals surface area contributed by atoms with E-state index in [0.29, 0.717) is 0 Å². The summed E-state index contributed by atoms with van der Waals surface area (Å²) in [6.45, 7) is 6.85. The second-order valence-electron chi connectivity index (χ2n) is 8.69. The number of aryl methyl sites for hydroxylation is 1. The van der Waals surface area contributed by atoms with Gasteiger partial charge in [-0.15, -0.1) is 0 Å². The fourth-order valence-corrected chi connectivity index (χ4v) is 5.13. The summed E-state index contributed by atoms with van der Waals surface area (Å²) in [6, 6.07) is 30.7. The van der Waals surface area contributed by atoms with Gasteiger partial charge in [0.05, 0.1) is 0 Å². The van der Waals surface area contributed by atoms with Crippen LogP contribution >= 0.6 is 31.9 Å². The Hall–Kier alpha value is -2.36. The largest absolute Gasteiger partial charge is 0.310 e. The number of fused-ring (bicyclic) bond motifs is 3. The zero-order chi connectivity index (χ0) is 21.8. The summed E-state index contributed by atoms with van der Waals surface area (Å²) < 4.78 is 2.15. The summed E-state index contributed by atoms with van der Waals surface area (Å²) in [4.78, 5) is 2.32. The molecule has 0 heterocycles. The summed E-state index contributed by atoms with van der Waals surface area (Å²) >= 11 is 7.14. The normalized spacial score (nSPS) is 13.6. The molecule has 1 aliphatic carbocycles. The molecule has 4 aromatic rings. The number of nitrogens with zero attached hydrogens (tertiary/aromatic N) is 1. The molecule has 1 aliphatic rings. The van der Waals surface area contributed by atoms with E-state index in [1.165, 1.54) is 33.5 Å². The lowest BCUT2D eigenvalue weighted by Gasteiger charge is -2.28. The Labute approximate surface area is 201 Å². The fraction of sp³-hybridized carbons (Fsp3) is 0.143. The maximum Gasteiger partial charge on any atom is 0.0465 e. The van der Waals surface area contributed by atoms with Crippen LogP contribution in [0.5, 0.6) is 0 Å². The molecule has 0 amide bonds. The molecule has 0 spiro atoms. The van der Waals surface area contributed by atoms with E-state index in [1.807, 2.05) is 0 Å². The van der Waals surface area contributed by atoms with Crippen molar-refractivity contribution < 1.29 is 0 Å². The van der Waals surface area contributed by atoms with E-state index in [9.17, 15) is 0 Å². The molecule has 154 valence electrons. The molecule has 0 aliphatic heterocycles. The number of hydrogen-bond acceptors (Lipinski definition) is 1. The van der Waals surface area contributed by atoms with Crippen LogP contribution in [-0.2, 0) is 5.41 Å². The van der Waals surface area contributed by atoms with Gasteiger partial charge in [0.25, 0.3) is 0 Å². The van der Waals surface area contributed by atoms with Crippen LogP contribution in [0.4, 0.5) is 17.1 Å². The fourth-order valence-electron chi connectivity index (χ4n) is 4.61. The maximum atomic E-state index is 3.57. The molecule has 0 saturated carbocycles. The molecular weight excluding hydrogens is 510 g/mol. The minimum atomic E-state index is -0.0300. The number of halogens is 2. The van der Waals surface area contributed by atoms with Gasteiger partial charge < -0.3 is 4.90 Å². The molecule has 4 aromatic carbocycles. The molecule has 31 heavy (non-hydrogen) atoms. The first kappa shape index (κ1) is 20.5. The number of rotatable bonds is 3. The molecule has 0 saturated heterocycles. The first-order valence-corrected chi connectivity index (χ1v) is 12.0. The third kappa shape index (κ3) is 3.54. The molecule has 1 nitrogen and oxygen atoms in total. The van der Waals surface area contributed by atoms with Gasteiger partial charge in [0.2, 0.25) is 0 Å². The first-order valence-electron chi connectivity index (χ1n) is 10.4. The molecule has 0 unspecified atom stereocenters. The third-order valence-electron chi connectivity index (χ3n) is 6.24. The minimum absolute atomic E-state index is 0.0300. The topological polar surface area (TPSA) is 3.24 Å². The van der Waals surface area contributed by atoms with Crippen LogP contribution in [0.1, 0.15) is 30.5 Å². The van der Waals surface area contributed by atoms with Crippen molar-refractivity contribution in [1.82, 2.24) is 0 Å². The Kier molecular flexibility index (Phi) is 5.07. The highest BCUT2D eigenvalue weighted by atomic mass is 79.9. The Morgan fingerprint density at radius 2 is 1.03 bits per heavy atom. The van der Waals surface area contributed by atoms with E-state index < -0.39 is 0 Å². The summed E-state index contributed by atoms with van der Waals surface area (Å²) in [7, 11) is 0. The summed E-state index contributed by atoms with van der Waals surface area (Å²) in [5.41, 5.74) is 10.2. The monoisotopic (exact) mass is 531 g/mol. The lowest BCUT2D eigenvalue weighted by Crippen LogP contribution is -2.16. The lowest BCUT2D eigenvalue weighted by atomic mass is 9.82. The van der Waals surface area contributed by atoms with Crippen molar-refractivity contribution in [3.8, 4) is 11.1 Å². The van der Waals surface area contributed by atoms with E-state index in [-0.39, 0.29) is 5.41 Å². The number of hydrogen-bond donors (Lipinski definition) is 0. The van der Waals surface area contributed by atoms with E-state index in [0.717, 1.165) is 20.3 Å². The van der Waals surface area contributed by atoms with Crippen molar-refractivity contribution in [2.45, 2.75) is 26.2 Å². The van der Waals surface area contributed by atoms with Gasteiger partial charge in [0.15, 0.2) is 0 Å². The molecule has 0 bridgehead atoms. The van der Waals surface area contributed by atoms with Crippen LogP contribution in [0.25, 0.3) is 11.1 Å². The number of benzene rings is 4. The van der Waals surface area contributed by atoms with Crippen molar-refractivity contribution in [3.05, 3.63) is 111 Å². The van der Waals surface area contributed by atoms with Gasteiger partial charge in [0.1, 0.15) is 0 Å². The van der Waals surface area contributed by atoms with E-state index in [2.05, 4.69) is 142 Å². The van der Waals surface area contributed by atoms with Crippen molar-refractivity contribution in [2.75, 3.05) is 4.90 Å². The second kappa shape index (κ2) is 7.65. The second-order valence-corrected chi connectivity index (χ2v) is 10.5. The van der Waals surface area contributed by atoms with Crippen LogP contribution in [-0.4, -0.2) is 0 Å². The van der Waals surface area contributed by atoms with Crippen LogP contribution in [0, 0.1) is 6.92 Å². The summed E-state index contributed by atoms with van der Waals surface area (Å²) in [5, 5.41) is 0. The van der Waals surface area contributed by atoms with Gasteiger partial charge in [-0.1, -0.05) is 75.5 Å². The molecule has 0 N–H and O–H groups in total. The van der Waals surface area contributed by atoms with Crippen LogP contribution in [0.2, 0.25) is 0 Å². The third-order valence-corrected chi connectivity index (χ3v) is 7.30. The van der Waals surface area contributed by atoms with E-state index in [4.69, 9.17) is 0 Å². The number of anilines is 3. The zero-order valence-corrected chi connectivity index (χ0v) is 21.0. The van der Waals surface area contributed by atoms with Gasteiger partial charge in [-0.3, -0.25) is 0 Å². The van der Waals surface area contributed by atoms with Crippen LogP contribution in [0.3, 0.4) is 0 Å². The molecule has 5 rings (SSSR count). The minimum Gasteiger partial charge on any atom is -0.310 e. The van der Waals surface area contributed by atoms with Crippen molar-refractivity contribution in [3.63, 3.8) is 0 Å². The average molecular weight is 533 g/mol. The van der Waals surface area contributed by atoms with Crippen LogP contribution < -0.4 is 4.90 Å². The first-order chi connectivity index (χ1) is 14.8. The molecule has 3 heteroatoms. The zero-order valence-electron chi connectivity index (χ0n) is 17.8. The smallest absolute Gasteiger partial charge is 0.0465 e. The van der Waals surface area contributed by atoms with Gasteiger partial charge >= 0.3 is 0 Å². The van der Waals surface area contributed by atoms with Gasteiger partial charge in [0, 0.05) is 31.4 Å². The Morgan fingerprint density at radius 1 is 0.581 bits per heavy atom. The molecule has 0 fully saturated rings. The Bertz CT molecular complexity index is 1230. The van der Waals surface area contributed by atoms with Gasteiger partial charge in [-0.2, -0.15) is 0 Å². The van der Waals surface area contributed by atoms with E-state index in [1.54, 1.807) is 0 Å².